The lowest BCUT2D eigenvalue weighted by Crippen LogP contribution is -2.64. The zero-order valence-corrected chi connectivity index (χ0v) is 18.5. The number of aliphatic hydroxyl groups is 1. The first-order valence-corrected chi connectivity index (χ1v) is 13.0. The lowest BCUT2D eigenvalue weighted by atomic mass is 9.80. The van der Waals surface area contributed by atoms with E-state index in [1.165, 1.54) is 0 Å². The fourth-order valence-electron chi connectivity index (χ4n) is 3.87. The monoisotopic (exact) mass is 397 g/mol. The molecule has 0 spiro atoms. The Morgan fingerprint density at radius 3 is 1.89 bits per heavy atom. The van der Waals surface area contributed by atoms with Crippen molar-refractivity contribution in [3.8, 4) is 0 Å². The van der Waals surface area contributed by atoms with Gasteiger partial charge in [-0.1, -0.05) is 60.7 Å². The normalized spacial score (nSPS) is 20.7. The van der Waals surface area contributed by atoms with Crippen molar-refractivity contribution in [3.63, 3.8) is 0 Å². The highest BCUT2D eigenvalue weighted by Gasteiger charge is 2.49. The minimum atomic E-state index is -2.08. The molecule has 0 amide bonds. The molecule has 1 atom stereocenters. The maximum absolute atomic E-state index is 13.8. The van der Waals surface area contributed by atoms with E-state index in [0.717, 1.165) is 6.17 Å². The molecule has 0 bridgehead atoms. The van der Waals surface area contributed by atoms with Crippen molar-refractivity contribution < 1.29 is 14.3 Å². The summed E-state index contributed by atoms with van der Waals surface area (Å²) in [6.45, 7) is 11.2. The van der Waals surface area contributed by atoms with Crippen molar-refractivity contribution in [1.82, 2.24) is 4.90 Å². The third-order valence-electron chi connectivity index (χ3n) is 5.40. The number of ketones is 1. The number of hydrogen-bond acceptors (Lipinski definition) is 4. The van der Waals surface area contributed by atoms with Crippen LogP contribution in [0.25, 0.3) is 0 Å². The van der Waals surface area contributed by atoms with Crippen LogP contribution in [-0.4, -0.2) is 48.5 Å². The Morgan fingerprint density at radius 1 is 1.00 bits per heavy atom. The van der Waals surface area contributed by atoms with E-state index in [0.29, 0.717) is 17.7 Å². The summed E-state index contributed by atoms with van der Waals surface area (Å²) in [7, 11) is -2.08. The first kappa shape index (κ1) is 20.9. The molecule has 1 aliphatic rings. The van der Waals surface area contributed by atoms with Gasteiger partial charge in [-0.15, -0.1) is 0 Å². The molecular weight excluding hydrogens is 366 g/mol. The molecule has 1 N–H and O–H groups in total. The van der Waals surface area contributed by atoms with Crippen LogP contribution < -0.4 is 0 Å². The second kappa shape index (κ2) is 7.56. The zero-order chi connectivity index (χ0) is 20.6. The van der Waals surface area contributed by atoms with Crippen molar-refractivity contribution in [2.75, 3.05) is 12.7 Å². The summed E-state index contributed by atoms with van der Waals surface area (Å²) in [6, 6.07) is 18.4. The predicted octanol–water partition coefficient (Wildman–Crippen LogP) is 3.74. The molecule has 150 valence electrons. The SMILES string of the molecule is CC(C)(C)N1CC(C(=O)C(O)(c2ccccc2)c2ccccc2)O[Si](C)(C)C1. The van der Waals surface area contributed by atoms with Gasteiger partial charge in [0.15, 0.2) is 5.60 Å². The fraction of sp³-hybridized carbons (Fsp3) is 0.435. The van der Waals surface area contributed by atoms with Crippen LogP contribution in [0.15, 0.2) is 60.7 Å². The quantitative estimate of drug-likeness (QED) is 0.799. The molecule has 0 radical (unpaired) electrons. The first-order valence-electron chi connectivity index (χ1n) is 9.85. The second-order valence-corrected chi connectivity index (χ2v) is 13.3. The number of nitrogens with zero attached hydrogens (tertiary/aromatic N) is 1. The number of rotatable bonds is 4. The van der Waals surface area contributed by atoms with Gasteiger partial charge in [0.2, 0.25) is 14.1 Å². The Kier molecular flexibility index (Phi) is 5.65. The van der Waals surface area contributed by atoms with Crippen molar-refractivity contribution in [1.29, 1.82) is 0 Å². The number of carbonyl (C=O) groups excluding carboxylic acids is 1. The molecule has 3 rings (SSSR count). The summed E-state index contributed by atoms with van der Waals surface area (Å²) in [5.41, 5.74) is -0.660. The van der Waals surface area contributed by atoms with Crippen LogP contribution in [0.4, 0.5) is 0 Å². The summed E-state index contributed by atoms with van der Waals surface area (Å²) >= 11 is 0. The summed E-state index contributed by atoms with van der Waals surface area (Å²) in [5.74, 6) is -0.292. The van der Waals surface area contributed by atoms with Crippen LogP contribution in [0.3, 0.4) is 0 Å². The molecule has 1 fully saturated rings. The highest BCUT2D eigenvalue weighted by atomic mass is 28.4. The Morgan fingerprint density at radius 2 is 1.46 bits per heavy atom. The van der Waals surface area contributed by atoms with Gasteiger partial charge in [-0.05, 0) is 45.0 Å². The minimum absolute atomic E-state index is 0.0653. The van der Waals surface area contributed by atoms with Gasteiger partial charge in [0.05, 0.1) is 0 Å². The Balaban J connectivity index is 2.05. The number of hydrogen-bond donors (Lipinski definition) is 1. The molecule has 1 saturated heterocycles. The Hall–Kier alpha value is -1.79. The maximum atomic E-state index is 13.8. The molecular formula is C23H31NO3Si. The van der Waals surface area contributed by atoms with E-state index in [1.54, 1.807) is 24.3 Å². The van der Waals surface area contributed by atoms with Gasteiger partial charge in [0, 0.05) is 18.3 Å². The zero-order valence-electron chi connectivity index (χ0n) is 17.5. The molecule has 4 nitrogen and oxygen atoms in total. The molecule has 0 aliphatic carbocycles. The van der Waals surface area contributed by atoms with Gasteiger partial charge in [-0.25, -0.2) is 0 Å². The average molecular weight is 398 g/mol. The molecule has 1 unspecified atom stereocenters. The average Bonchev–Trinajstić information content (AvgIpc) is 2.66. The fourth-order valence-corrected chi connectivity index (χ4v) is 6.42. The summed E-state index contributed by atoms with van der Waals surface area (Å²) in [5, 5.41) is 11.8. The van der Waals surface area contributed by atoms with Crippen molar-refractivity contribution in [3.05, 3.63) is 71.8 Å². The molecule has 1 aliphatic heterocycles. The molecule has 1 heterocycles. The molecule has 2 aromatic rings. The van der Waals surface area contributed by atoms with E-state index >= 15 is 0 Å². The van der Waals surface area contributed by atoms with Gasteiger partial charge in [0.25, 0.3) is 0 Å². The minimum Gasteiger partial charge on any atom is -0.405 e. The standard InChI is InChI=1S/C23H31NO3Si/c1-22(2,3)24-16-20(27-28(4,5)17-24)21(25)23(26,18-12-8-6-9-13-18)19-14-10-7-11-15-19/h6-15,20,26H,16-17H2,1-5H3. The van der Waals surface area contributed by atoms with Gasteiger partial charge in [0.1, 0.15) is 6.10 Å². The summed E-state index contributed by atoms with van der Waals surface area (Å²) in [6.07, 6.45) is 0.204. The van der Waals surface area contributed by atoms with Gasteiger partial charge >= 0.3 is 0 Å². The Labute approximate surface area is 169 Å². The van der Waals surface area contributed by atoms with Crippen LogP contribution in [0.2, 0.25) is 13.1 Å². The van der Waals surface area contributed by atoms with E-state index in [1.807, 2.05) is 36.4 Å². The predicted molar refractivity (Wildman–Crippen MR) is 115 cm³/mol. The van der Waals surface area contributed by atoms with E-state index in [-0.39, 0.29) is 11.3 Å². The second-order valence-electron chi connectivity index (χ2n) is 9.22. The van der Waals surface area contributed by atoms with Crippen molar-refractivity contribution >= 4 is 14.1 Å². The molecule has 2 aromatic carbocycles. The van der Waals surface area contributed by atoms with Crippen LogP contribution >= 0.6 is 0 Å². The highest BCUT2D eigenvalue weighted by Crippen LogP contribution is 2.35. The maximum Gasteiger partial charge on any atom is 0.202 e. The third-order valence-corrected chi connectivity index (χ3v) is 7.47. The topological polar surface area (TPSA) is 49.8 Å². The smallest absolute Gasteiger partial charge is 0.202 e. The van der Waals surface area contributed by atoms with Gasteiger partial charge < -0.3 is 9.53 Å². The lowest BCUT2D eigenvalue weighted by molar-refractivity contribution is -0.145. The van der Waals surface area contributed by atoms with E-state index in [2.05, 4.69) is 38.8 Å². The van der Waals surface area contributed by atoms with Crippen LogP contribution in [-0.2, 0) is 14.8 Å². The molecule has 28 heavy (non-hydrogen) atoms. The first-order chi connectivity index (χ1) is 13.0. The summed E-state index contributed by atoms with van der Waals surface area (Å²) < 4.78 is 6.34. The number of Topliss-reactive ketones (excluding diaryl/α,β-unsaturated/α-hetero) is 1. The summed E-state index contributed by atoms with van der Waals surface area (Å²) in [4.78, 5) is 16.1. The number of carbonyl (C=O) groups is 1. The van der Waals surface area contributed by atoms with E-state index in [4.69, 9.17) is 4.43 Å². The van der Waals surface area contributed by atoms with Crippen molar-refractivity contribution in [2.45, 2.75) is 51.1 Å². The van der Waals surface area contributed by atoms with E-state index < -0.39 is 20.0 Å². The van der Waals surface area contributed by atoms with E-state index in [9.17, 15) is 9.90 Å². The van der Waals surface area contributed by atoms with Crippen LogP contribution in [0.1, 0.15) is 31.9 Å². The van der Waals surface area contributed by atoms with Gasteiger partial charge in [-0.2, -0.15) is 0 Å². The largest absolute Gasteiger partial charge is 0.405 e. The van der Waals surface area contributed by atoms with Crippen molar-refractivity contribution in [2.24, 2.45) is 0 Å². The van der Waals surface area contributed by atoms with Crippen LogP contribution in [0.5, 0.6) is 0 Å². The lowest BCUT2D eigenvalue weighted by Gasteiger charge is -2.48. The van der Waals surface area contributed by atoms with Gasteiger partial charge in [-0.3, -0.25) is 9.69 Å². The Bertz CT molecular complexity index is 775. The molecule has 5 heteroatoms. The molecule has 0 aromatic heterocycles. The molecule has 0 saturated carbocycles. The number of benzene rings is 2. The highest BCUT2D eigenvalue weighted by molar-refractivity contribution is 6.71. The third kappa shape index (κ3) is 4.13. The van der Waals surface area contributed by atoms with Crippen LogP contribution in [0, 0.1) is 0 Å².